The Hall–Kier alpha value is -2.26. The normalized spacial score (nSPS) is 23.5. The summed E-state index contributed by atoms with van der Waals surface area (Å²) in [5.74, 6) is -0.0711. The number of ether oxygens (including phenoxy) is 1. The predicted octanol–water partition coefficient (Wildman–Crippen LogP) is 1.36. The maximum absolute atomic E-state index is 13.1. The van der Waals surface area contributed by atoms with Crippen molar-refractivity contribution in [2.24, 2.45) is 0 Å². The van der Waals surface area contributed by atoms with Crippen LogP contribution in [-0.4, -0.2) is 70.2 Å². The summed E-state index contributed by atoms with van der Waals surface area (Å²) in [4.78, 5) is 37.5. The molecule has 2 aromatic heterocycles. The fourth-order valence-corrected chi connectivity index (χ4v) is 4.46. The molecular weight excluding hydrogens is 356 g/mol. The van der Waals surface area contributed by atoms with Crippen LogP contribution in [0.1, 0.15) is 19.3 Å². The van der Waals surface area contributed by atoms with Crippen molar-refractivity contribution in [3.8, 4) is 0 Å². The molecule has 2 aliphatic heterocycles. The largest absolute Gasteiger partial charge is 0.481 e. The van der Waals surface area contributed by atoms with Crippen molar-refractivity contribution in [3.63, 3.8) is 0 Å². The van der Waals surface area contributed by atoms with Gasteiger partial charge in [0.25, 0.3) is 0 Å². The Morgan fingerprint density at radius 1 is 1.35 bits per heavy atom. The van der Waals surface area contributed by atoms with Crippen molar-refractivity contribution >= 4 is 39.2 Å². The zero-order valence-corrected chi connectivity index (χ0v) is 15.0. The minimum Gasteiger partial charge on any atom is -0.481 e. The van der Waals surface area contributed by atoms with Crippen LogP contribution in [0, 0.1) is 0 Å². The van der Waals surface area contributed by atoms with Gasteiger partial charge in [-0.15, -0.1) is 11.3 Å². The van der Waals surface area contributed by atoms with E-state index < -0.39 is 12.1 Å². The smallest absolute Gasteiger partial charge is 0.306 e. The molecule has 0 saturated carbocycles. The molecule has 2 saturated heterocycles. The van der Waals surface area contributed by atoms with Crippen molar-refractivity contribution in [1.29, 1.82) is 0 Å². The Balaban J connectivity index is 1.53. The summed E-state index contributed by atoms with van der Waals surface area (Å²) in [6, 6.07) is 1.73. The molecule has 2 aromatic rings. The zero-order chi connectivity index (χ0) is 18.1. The number of anilines is 1. The van der Waals surface area contributed by atoms with Gasteiger partial charge < -0.3 is 19.6 Å². The highest BCUT2D eigenvalue weighted by Crippen LogP contribution is 2.32. The average Bonchev–Trinajstić information content (AvgIpc) is 3.29. The van der Waals surface area contributed by atoms with Gasteiger partial charge in [-0.1, -0.05) is 0 Å². The highest BCUT2D eigenvalue weighted by molar-refractivity contribution is 7.16. The number of aliphatic carboxylic acids is 1. The second-order valence-corrected chi connectivity index (χ2v) is 7.46. The Bertz CT molecular complexity index is 826. The van der Waals surface area contributed by atoms with Crippen molar-refractivity contribution in [2.75, 3.05) is 31.1 Å². The lowest BCUT2D eigenvalue weighted by atomic mass is 10.1. The van der Waals surface area contributed by atoms with Gasteiger partial charge in [0.15, 0.2) is 0 Å². The Kier molecular flexibility index (Phi) is 4.73. The van der Waals surface area contributed by atoms with Crippen LogP contribution in [0.5, 0.6) is 0 Å². The molecule has 0 spiro atoms. The molecule has 0 unspecified atom stereocenters. The van der Waals surface area contributed by atoms with Crippen molar-refractivity contribution in [3.05, 3.63) is 17.8 Å². The van der Waals surface area contributed by atoms with E-state index in [1.807, 2.05) is 11.4 Å². The summed E-state index contributed by atoms with van der Waals surface area (Å²) in [5, 5.41) is 11.9. The van der Waals surface area contributed by atoms with Gasteiger partial charge in [0.05, 0.1) is 24.5 Å². The van der Waals surface area contributed by atoms with E-state index in [9.17, 15) is 9.59 Å². The predicted molar refractivity (Wildman–Crippen MR) is 96.4 cm³/mol. The fourth-order valence-electron chi connectivity index (χ4n) is 3.73. The van der Waals surface area contributed by atoms with Gasteiger partial charge >= 0.3 is 5.97 Å². The number of nitrogens with zero attached hydrogens (tertiary/aromatic N) is 4. The summed E-state index contributed by atoms with van der Waals surface area (Å²) < 4.78 is 5.48. The van der Waals surface area contributed by atoms with Gasteiger partial charge in [0.2, 0.25) is 5.91 Å². The van der Waals surface area contributed by atoms with E-state index in [1.54, 1.807) is 22.6 Å². The number of fused-ring (bicyclic) bond motifs is 1. The average molecular weight is 376 g/mol. The zero-order valence-electron chi connectivity index (χ0n) is 14.2. The number of thiophene rings is 1. The first kappa shape index (κ1) is 17.2. The molecule has 8 nitrogen and oxygen atoms in total. The van der Waals surface area contributed by atoms with Crippen LogP contribution in [0.3, 0.4) is 0 Å². The monoisotopic (exact) mass is 376 g/mol. The summed E-state index contributed by atoms with van der Waals surface area (Å²) in [7, 11) is 0. The summed E-state index contributed by atoms with van der Waals surface area (Å²) in [5.41, 5.74) is 0. The molecule has 4 heterocycles. The third-order valence-corrected chi connectivity index (χ3v) is 5.72. The summed E-state index contributed by atoms with van der Waals surface area (Å²) in [6.45, 7) is 1.98. The molecule has 2 atom stereocenters. The number of carboxylic acids is 1. The minimum absolute atomic E-state index is 0.0307. The highest BCUT2D eigenvalue weighted by Gasteiger charge is 2.37. The highest BCUT2D eigenvalue weighted by atomic mass is 32.1. The minimum atomic E-state index is -0.910. The molecule has 0 bridgehead atoms. The van der Waals surface area contributed by atoms with Crippen LogP contribution in [0.4, 0.5) is 5.82 Å². The lowest BCUT2D eigenvalue weighted by Gasteiger charge is -2.36. The fraction of sp³-hybridized carbons (Fsp3) is 0.529. The number of carbonyl (C=O) groups excluding carboxylic acids is 1. The number of aromatic nitrogens is 2. The first-order valence-electron chi connectivity index (χ1n) is 8.70. The third-order valence-electron chi connectivity index (χ3n) is 4.90. The maximum atomic E-state index is 13.1. The third kappa shape index (κ3) is 3.24. The number of carbonyl (C=O) groups is 2. The van der Waals surface area contributed by atoms with Crippen molar-refractivity contribution in [1.82, 2.24) is 14.9 Å². The number of amides is 1. The van der Waals surface area contributed by atoms with E-state index in [0.717, 1.165) is 35.4 Å². The summed E-state index contributed by atoms with van der Waals surface area (Å²) >= 11 is 1.56. The van der Waals surface area contributed by atoms with Crippen molar-refractivity contribution < 1.29 is 19.4 Å². The number of hydrogen-bond acceptors (Lipinski definition) is 7. The van der Waals surface area contributed by atoms with Crippen LogP contribution in [0.25, 0.3) is 10.2 Å². The molecule has 0 aliphatic carbocycles. The SMILES string of the molecule is O=C(O)C[C@@H]1CN(C(=O)[C@@H]2CCCN2c2ncnc3sccc23)CCO1. The number of hydrogen-bond donors (Lipinski definition) is 1. The van der Waals surface area contributed by atoms with E-state index in [2.05, 4.69) is 14.9 Å². The van der Waals surface area contributed by atoms with Gasteiger partial charge in [-0.05, 0) is 24.3 Å². The second kappa shape index (κ2) is 7.16. The van der Waals surface area contributed by atoms with E-state index in [4.69, 9.17) is 9.84 Å². The number of rotatable bonds is 4. The van der Waals surface area contributed by atoms with Gasteiger partial charge in [0, 0.05) is 19.6 Å². The quantitative estimate of drug-likeness (QED) is 0.861. The van der Waals surface area contributed by atoms with E-state index in [0.29, 0.717) is 19.7 Å². The van der Waals surface area contributed by atoms with Gasteiger partial charge in [0.1, 0.15) is 23.0 Å². The molecule has 2 fully saturated rings. The van der Waals surface area contributed by atoms with Gasteiger partial charge in [-0.25, -0.2) is 9.97 Å². The van der Waals surface area contributed by atoms with E-state index in [1.165, 1.54) is 0 Å². The molecular formula is C17H20N4O4S. The van der Waals surface area contributed by atoms with Gasteiger partial charge in [-0.2, -0.15) is 0 Å². The van der Waals surface area contributed by atoms with Crippen LogP contribution in [-0.2, 0) is 14.3 Å². The molecule has 26 heavy (non-hydrogen) atoms. The van der Waals surface area contributed by atoms with Crippen LogP contribution < -0.4 is 4.90 Å². The molecule has 4 rings (SSSR count). The van der Waals surface area contributed by atoms with Crippen LogP contribution >= 0.6 is 11.3 Å². The Morgan fingerprint density at radius 3 is 3.08 bits per heavy atom. The van der Waals surface area contributed by atoms with E-state index >= 15 is 0 Å². The summed E-state index contributed by atoms with van der Waals surface area (Å²) in [6.07, 6.45) is 2.72. The Labute approximate surface area is 154 Å². The molecule has 0 radical (unpaired) electrons. The molecule has 138 valence electrons. The van der Waals surface area contributed by atoms with Crippen molar-refractivity contribution in [2.45, 2.75) is 31.4 Å². The lowest BCUT2D eigenvalue weighted by Crippen LogP contribution is -2.52. The second-order valence-electron chi connectivity index (χ2n) is 6.56. The van der Waals surface area contributed by atoms with E-state index in [-0.39, 0.29) is 18.4 Å². The molecule has 9 heteroatoms. The molecule has 1 amide bonds. The first-order chi connectivity index (χ1) is 12.6. The van der Waals surface area contributed by atoms with Crippen LogP contribution in [0.15, 0.2) is 17.8 Å². The Morgan fingerprint density at radius 2 is 2.23 bits per heavy atom. The standard InChI is InChI=1S/C17H20N4O4S/c22-14(23)8-11-9-20(5-6-25-11)17(24)13-2-1-4-21(13)15-12-3-7-26-16(12)19-10-18-15/h3,7,10-11,13H,1-2,4-6,8-9H2,(H,22,23)/t11-,13+/m1/s1. The molecule has 2 aliphatic rings. The molecule has 0 aromatic carbocycles. The number of morpholine rings is 1. The van der Waals surface area contributed by atoms with Crippen LogP contribution in [0.2, 0.25) is 0 Å². The number of carboxylic acid groups (broad SMARTS) is 1. The lowest BCUT2D eigenvalue weighted by molar-refractivity contribution is -0.148. The first-order valence-corrected chi connectivity index (χ1v) is 9.58. The maximum Gasteiger partial charge on any atom is 0.306 e. The molecule has 1 N–H and O–H groups in total. The topological polar surface area (TPSA) is 95.9 Å². The van der Waals surface area contributed by atoms with Gasteiger partial charge in [-0.3, -0.25) is 9.59 Å².